The number of hydrogen-bond donors (Lipinski definition) is 0. The molecule has 0 aromatic heterocycles. The van der Waals surface area contributed by atoms with Crippen LogP contribution in [0, 0.1) is 0 Å². The third-order valence-electron chi connectivity index (χ3n) is 2.79. The Hall–Kier alpha value is -1.21. The van der Waals surface area contributed by atoms with E-state index in [1.54, 1.807) is 19.1 Å². The molecule has 0 spiro atoms. The topological polar surface area (TPSA) is 29.5 Å². The summed E-state index contributed by atoms with van der Waals surface area (Å²) in [7, 11) is 3.62. The Balaban J connectivity index is 2.82. The zero-order chi connectivity index (χ0) is 16.0. The van der Waals surface area contributed by atoms with Crippen LogP contribution in [0.3, 0.4) is 0 Å². The van der Waals surface area contributed by atoms with Crippen molar-refractivity contribution in [2.24, 2.45) is 0 Å². The van der Waals surface area contributed by atoms with Gasteiger partial charge >= 0.3 is 11.5 Å². The van der Waals surface area contributed by atoms with Gasteiger partial charge in [0.15, 0.2) is 0 Å². The minimum atomic E-state index is -4.30. The summed E-state index contributed by atoms with van der Waals surface area (Å²) in [5.41, 5.74) is -3.52. The van der Waals surface area contributed by atoms with Crippen molar-refractivity contribution in [2.75, 3.05) is 20.7 Å². The maximum absolute atomic E-state index is 12.3. The molecule has 0 N–H and O–H groups in total. The maximum Gasteiger partial charge on any atom is 0.446 e. The number of nitrogens with zero attached hydrogens (tertiary/aromatic N) is 1. The molecule has 0 radical (unpaired) electrons. The van der Waals surface area contributed by atoms with E-state index in [4.69, 9.17) is 4.74 Å². The van der Waals surface area contributed by atoms with Gasteiger partial charge in [0.25, 0.3) is 0 Å². The van der Waals surface area contributed by atoms with Crippen LogP contribution in [0.5, 0.6) is 0 Å². The molecule has 1 aromatic rings. The van der Waals surface area contributed by atoms with Crippen molar-refractivity contribution in [1.29, 1.82) is 0 Å². The van der Waals surface area contributed by atoms with Crippen molar-refractivity contribution in [1.82, 2.24) is 4.90 Å². The van der Waals surface area contributed by atoms with E-state index in [0.717, 1.165) is 5.56 Å². The van der Waals surface area contributed by atoms with E-state index >= 15 is 0 Å². The van der Waals surface area contributed by atoms with Gasteiger partial charge in [-0.25, -0.2) is 0 Å². The van der Waals surface area contributed by atoms with Gasteiger partial charge in [-0.05, 0) is 50.5 Å². The molecule has 0 saturated carbocycles. The summed E-state index contributed by atoms with van der Waals surface area (Å²) in [6, 6.07) is 5.81. The number of carbonyl (C=O) groups is 1. The molecule has 21 heavy (non-hydrogen) atoms. The summed E-state index contributed by atoms with van der Waals surface area (Å²) >= 11 is -0.154. The predicted octanol–water partition coefficient (Wildman–Crippen LogP) is 3.85. The Morgan fingerprint density at radius 2 is 1.86 bits per heavy atom. The van der Waals surface area contributed by atoms with Gasteiger partial charge in [0.2, 0.25) is 0 Å². The minimum Gasteiger partial charge on any atom is -0.466 e. The van der Waals surface area contributed by atoms with Crippen LogP contribution in [0.25, 0.3) is 0 Å². The molecule has 0 aliphatic rings. The Labute approximate surface area is 126 Å². The predicted molar refractivity (Wildman–Crippen MR) is 76.0 cm³/mol. The maximum atomic E-state index is 12.3. The van der Waals surface area contributed by atoms with Crippen molar-refractivity contribution >= 4 is 17.7 Å². The summed E-state index contributed by atoms with van der Waals surface area (Å²) in [6.07, 6.45) is 0.159. The minimum absolute atomic E-state index is 0.125. The quantitative estimate of drug-likeness (QED) is 0.588. The second-order valence-corrected chi connectivity index (χ2v) is 5.74. The van der Waals surface area contributed by atoms with Crippen molar-refractivity contribution in [3.8, 4) is 0 Å². The number of hydrogen-bond acceptors (Lipinski definition) is 4. The number of benzene rings is 1. The number of carbonyl (C=O) groups excluding carboxylic acids is 1. The van der Waals surface area contributed by atoms with Gasteiger partial charge in [-0.3, -0.25) is 4.79 Å². The van der Waals surface area contributed by atoms with Gasteiger partial charge < -0.3 is 9.64 Å². The van der Waals surface area contributed by atoms with Crippen LogP contribution in [-0.2, 0) is 9.53 Å². The molecule has 3 nitrogen and oxygen atoms in total. The standard InChI is InChI=1S/C14H18F3NO2S/c1-4-20-13(19)9-12(18(2)3)10-5-7-11(8-6-10)21-14(15,16)17/h5-8,12H,4,9H2,1-3H3. The van der Waals surface area contributed by atoms with Crippen molar-refractivity contribution in [3.05, 3.63) is 29.8 Å². The van der Waals surface area contributed by atoms with Gasteiger partial charge in [-0.2, -0.15) is 13.2 Å². The third-order valence-corrected chi connectivity index (χ3v) is 3.53. The zero-order valence-corrected chi connectivity index (χ0v) is 12.9. The number of rotatable bonds is 6. The first kappa shape index (κ1) is 17.8. The molecule has 0 heterocycles. The highest BCUT2D eigenvalue weighted by molar-refractivity contribution is 8.00. The van der Waals surface area contributed by atoms with Gasteiger partial charge in [-0.1, -0.05) is 12.1 Å². The monoisotopic (exact) mass is 321 g/mol. The second-order valence-electron chi connectivity index (χ2n) is 4.61. The molecule has 118 valence electrons. The molecule has 0 aliphatic carbocycles. The summed E-state index contributed by atoms with van der Waals surface area (Å²) in [5.74, 6) is -0.329. The van der Waals surface area contributed by atoms with Crippen molar-refractivity contribution in [3.63, 3.8) is 0 Å². The number of ether oxygens (including phenoxy) is 1. The van der Waals surface area contributed by atoms with Crippen molar-refractivity contribution < 1.29 is 22.7 Å². The molecule has 0 aliphatic heterocycles. The Kier molecular flexibility index (Phi) is 6.54. The average Bonchev–Trinajstić information content (AvgIpc) is 2.35. The molecule has 0 saturated heterocycles. The summed E-state index contributed by atoms with van der Waals surface area (Å²) in [4.78, 5) is 13.5. The normalized spacial score (nSPS) is 13.3. The van der Waals surface area contributed by atoms with E-state index in [-0.39, 0.29) is 35.1 Å². The first-order valence-corrected chi connectivity index (χ1v) is 7.22. The number of halogens is 3. The highest BCUT2D eigenvalue weighted by Crippen LogP contribution is 2.37. The zero-order valence-electron chi connectivity index (χ0n) is 12.1. The SMILES string of the molecule is CCOC(=O)CC(c1ccc(SC(F)(F)F)cc1)N(C)C. The molecule has 1 atom stereocenters. The van der Waals surface area contributed by atoms with E-state index in [1.807, 2.05) is 19.0 Å². The second kappa shape index (κ2) is 7.70. The number of thioether (sulfide) groups is 1. The molecule has 1 aromatic carbocycles. The van der Waals surface area contributed by atoms with E-state index in [0.29, 0.717) is 6.61 Å². The van der Waals surface area contributed by atoms with E-state index in [9.17, 15) is 18.0 Å². The summed E-state index contributed by atoms with van der Waals surface area (Å²) in [5, 5.41) is 0. The van der Waals surface area contributed by atoms with Crippen LogP contribution in [0.2, 0.25) is 0 Å². The molecular weight excluding hydrogens is 303 g/mol. The van der Waals surface area contributed by atoms with Crippen LogP contribution in [-0.4, -0.2) is 37.1 Å². The fraction of sp³-hybridized carbons (Fsp3) is 0.500. The Bertz CT molecular complexity index is 460. The highest BCUT2D eigenvalue weighted by Gasteiger charge is 2.29. The number of alkyl halides is 3. The molecule has 0 amide bonds. The fourth-order valence-electron chi connectivity index (χ4n) is 1.87. The average molecular weight is 321 g/mol. The third kappa shape index (κ3) is 6.39. The van der Waals surface area contributed by atoms with E-state index < -0.39 is 5.51 Å². The van der Waals surface area contributed by atoms with Crippen LogP contribution in [0.1, 0.15) is 24.9 Å². The summed E-state index contributed by atoms with van der Waals surface area (Å²) in [6.45, 7) is 2.03. The Morgan fingerprint density at radius 1 is 1.29 bits per heavy atom. The van der Waals surface area contributed by atoms with Gasteiger partial charge in [0, 0.05) is 10.9 Å². The van der Waals surface area contributed by atoms with Crippen LogP contribution >= 0.6 is 11.8 Å². The van der Waals surface area contributed by atoms with Gasteiger partial charge in [-0.15, -0.1) is 0 Å². The smallest absolute Gasteiger partial charge is 0.446 e. The van der Waals surface area contributed by atoms with Crippen LogP contribution < -0.4 is 0 Å². The van der Waals surface area contributed by atoms with Crippen LogP contribution in [0.4, 0.5) is 13.2 Å². The van der Waals surface area contributed by atoms with Gasteiger partial charge in [0.1, 0.15) is 0 Å². The lowest BCUT2D eigenvalue weighted by molar-refractivity contribution is -0.144. The lowest BCUT2D eigenvalue weighted by atomic mass is 10.0. The van der Waals surface area contributed by atoms with Gasteiger partial charge in [0.05, 0.1) is 13.0 Å². The molecule has 0 bridgehead atoms. The van der Waals surface area contributed by atoms with Crippen LogP contribution in [0.15, 0.2) is 29.2 Å². The van der Waals surface area contributed by atoms with E-state index in [2.05, 4.69) is 0 Å². The molecule has 1 unspecified atom stereocenters. The molecule has 7 heteroatoms. The molecular formula is C14H18F3NO2S. The highest BCUT2D eigenvalue weighted by atomic mass is 32.2. The van der Waals surface area contributed by atoms with Crippen molar-refractivity contribution in [2.45, 2.75) is 29.8 Å². The first-order chi connectivity index (χ1) is 9.73. The van der Waals surface area contributed by atoms with E-state index in [1.165, 1.54) is 12.1 Å². The number of esters is 1. The molecule has 1 rings (SSSR count). The largest absolute Gasteiger partial charge is 0.466 e. The molecule has 0 fully saturated rings. The first-order valence-electron chi connectivity index (χ1n) is 6.40. The summed E-state index contributed by atoms with van der Waals surface area (Å²) < 4.78 is 41.8. The fourth-order valence-corrected chi connectivity index (χ4v) is 2.41. The lowest BCUT2D eigenvalue weighted by Gasteiger charge is -2.24. The lowest BCUT2D eigenvalue weighted by Crippen LogP contribution is -2.23. The Morgan fingerprint density at radius 3 is 2.29 bits per heavy atom.